The van der Waals surface area contributed by atoms with E-state index in [-0.39, 0.29) is 30.1 Å². The summed E-state index contributed by atoms with van der Waals surface area (Å²) >= 11 is 0. The van der Waals surface area contributed by atoms with Crippen LogP contribution in [0.15, 0.2) is 24.3 Å². The Hall–Kier alpha value is -2.37. The molecule has 1 N–H and O–H groups in total. The zero-order valence-corrected chi connectivity index (χ0v) is 14.8. The highest BCUT2D eigenvalue weighted by Gasteiger charge is 2.35. The molecular formula is C19H25N3O3. The lowest BCUT2D eigenvalue weighted by Gasteiger charge is -2.21. The first-order chi connectivity index (χ1) is 12.0. The van der Waals surface area contributed by atoms with Crippen molar-refractivity contribution in [2.75, 3.05) is 29.9 Å². The Morgan fingerprint density at radius 2 is 2.00 bits per heavy atom. The molecule has 0 radical (unpaired) electrons. The summed E-state index contributed by atoms with van der Waals surface area (Å²) in [6.45, 7) is 5.94. The maximum Gasteiger partial charge on any atom is 0.229 e. The quantitative estimate of drug-likeness (QED) is 0.891. The SMILES string of the molecule is CC(C)CN1C[C@@H](C(=O)Nc2ccccc2N2CCCC2=O)CC1=O. The number of nitrogens with one attached hydrogen (secondary N) is 1. The van der Waals surface area contributed by atoms with Crippen LogP contribution in [0.2, 0.25) is 0 Å². The van der Waals surface area contributed by atoms with Crippen molar-refractivity contribution < 1.29 is 14.4 Å². The molecule has 6 nitrogen and oxygen atoms in total. The first kappa shape index (κ1) is 17.5. The van der Waals surface area contributed by atoms with Gasteiger partial charge in [0.25, 0.3) is 0 Å². The van der Waals surface area contributed by atoms with Crippen molar-refractivity contribution in [2.45, 2.75) is 33.1 Å². The minimum absolute atomic E-state index is 0.0388. The number of carbonyl (C=O) groups excluding carboxylic acids is 3. The number of benzene rings is 1. The number of para-hydroxylation sites is 2. The molecule has 1 aromatic rings. The van der Waals surface area contributed by atoms with Gasteiger partial charge in [-0.2, -0.15) is 0 Å². The summed E-state index contributed by atoms with van der Waals surface area (Å²) in [4.78, 5) is 40.2. The molecule has 0 bridgehead atoms. The zero-order valence-electron chi connectivity index (χ0n) is 14.8. The van der Waals surface area contributed by atoms with Crippen molar-refractivity contribution in [3.8, 4) is 0 Å². The molecule has 2 fully saturated rings. The van der Waals surface area contributed by atoms with Crippen molar-refractivity contribution in [3.63, 3.8) is 0 Å². The van der Waals surface area contributed by atoms with Gasteiger partial charge in [0.1, 0.15) is 0 Å². The van der Waals surface area contributed by atoms with Gasteiger partial charge in [-0.1, -0.05) is 26.0 Å². The fraction of sp³-hybridized carbons (Fsp3) is 0.526. The molecule has 0 spiro atoms. The third-order valence-corrected chi connectivity index (χ3v) is 4.70. The summed E-state index contributed by atoms with van der Waals surface area (Å²) in [6, 6.07) is 7.36. The number of nitrogens with zero attached hydrogens (tertiary/aromatic N) is 2. The van der Waals surface area contributed by atoms with Gasteiger partial charge in [-0.15, -0.1) is 0 Å². The molecule has 2 saturated heterocycles. The maximum atomic E-state index is 12.6. The first-order valence-corrected chi connectivity index (χ1v) is 8.93. The van der Waals surface area contributed by atoms with Crippen LogP contribution >= 0.6 is 0 Å². The van der Waals surface area contributed by atoms with Gasteiger partial charge in [-0.3, -0.25) is 14.4 Å². The molecule has 1 atom stereocenters. The van der Waals surface area contributed by atoms with Crippen LogP contribution < -0.4 is 10.2 Å². The number of anilines is 2. The molecule has 0 aromatic heterocycles. The highest BCUT2D eigenvalue weighted by atomic mass is 16.2. The summed E-state index contributed by atoms with van der Waals surface area (Å²) in [6.07, 6.45) is 1.63. The second-order valence-electron chi connectivity index (χ2n) is 7.25. The molecule has 2 aliphatic rings. The van der Waals surface area contributed by atoms with E-state index in [0.29, 0.717) is 37.7 Å². The summed E-state index contributed by atoms with van der Waals surface area (Å²) < 4.78 is 0. The van der Waals surface area contributed by atoms with E-state index >= 15 is 0 Å². The minimum atomic E-state index is -0.339. The molecule has 2 aliphatic heterocycles. The van der Waals surface area contributed by atoms with Crippen LogP contribution in [0.5, 0.6) is 0 Å². The van der Waals surface area contributed by atoms with Crippen LogP contribution in [0.4, 0.5) is 11.4 Å². The molecule has 3 amide bonds. The van der Waals surface area contributed by atoms with Crippen LogP contribution in [-0.4, -0.2) is 42.3 Å². The topological polar surface area (TPSA) is 69.7 Å². The highest BCUT2D eigenvalue weighted by Crippen LogP contribution is 2.30. The smallest absolute Gasteiger partial charge is 0.229 e. The van der Waals surface area contributed by atoms with Crippen LogP contribution in [-0.2, 0) is 14.4 Å². The van der Waals surface area contributed by atoms with Crippen molar-refractivity contribution in [3.05, 3.63) is 24.3 Å². The standard InChI is InChI=1S/C19H25N3O3/c1-13(2)11-21-12-14(10-18(21)24)19(25)20-15-6-3-4-7-16(15)22-9-5-8-17(22)23/h3-4,6-7,13-14H,5,8-12H2,1-2H3,(H,20,25)/t14-/m0/s1. The van der Waals surface area contributed by atoms with Crippen molar-refractivity contribution >= 4 is 29.1 Å². The molecule has 0 saturated carbocycles. The average molecular weight is 343 g/mol. The van der Waals surface area contributed by atoms with E-state index in [0.717, 1.165) is 12.1 Å². The molecule has 134 valence electrons. The van der Waals surface area contributed by atoms with Gasteiger partial charge in [0, 0.05) is 32.5 Å². The van der Waals surface area contributed by atoms with E-state index in [1.807, 2.05) is 24.3 Å². The average Bonchev–Trinajstić information content (AvgIpc) is 3.14. The highest BCUT2D eigenvalue weighted by molar-refractivity contribution is 6.03. The second-order valence-corrected chi connectivity index (χ2v) is 7.25. The Balaban J connectivity index is 1.70. The van der Waals surface area contributed by atoms with Crippen molar-refractivity contribution in [1.82, 2.24) is 4.90 Å². The number of hydrogen-bond acceptors (Lipinski definition) is 3. The second kappa shape index (κ2) is 7.25. The number of amides is 3. The summed E-state index contributed by atoms with van der Waals surface area (Å²) in [5, 5.41) is 2.93. The number of hydrogen-bond donors (Lipinski definition) is 1. The van der Waals surface area contributed by atoms with Gasteiger partial charge in [-0.25, -0.2) is 0 Å². The Labute approximate surface area is 148 Å². The first-order valence-electron chi connectivity index (χ1n) is 8.93. The predicted molar refractivity (Wildman–Crippen MR) is 96.2 cm³/mol. The van der Waals surface area contributed by atoms with E-state index in [1.165, 1.54) is 0 Å². The van der Waals surface area contributed by atoms with Gasteiger partial charge >= 0.3 is 0 Å². The molecule has 6 heteroatoms. The zero-order chi connectivity index (χ0) is 18.0. The van der Waals surface area contributed by atoms with Crippen LogP contribution in [0.25, 0.3) is 0 Å². The third-order valence-electron chi connectivity index (χ3n) is 4.70. The van der Waals surface area contributed by atoms with Gasteiger partial charge < -0.3 is 15.1 Å². The lowest BCUT2D eigenvalue weighted by Crippen LogP contribution is -2.31. The van der Waals surface area contributed by atoms with Crippen molar-refractivity contribution in [2.24, 2.45) is 11.8 Å². The largest absolute Gasteiger partial charge is 0.342 e. The molecular weight excluding hydrogens is 318 g/mol. The Kier molecular flexibility index (Phi) is 5.06. The van der Waals surface area contributed by atoms with E-state index < -0.39 is 0 Å². The number of carbonyl (C=O) groups is 3. The van der Waals surface area contributed by atoms with Gasteiger partial charge in [0.15, 0.2) is 0 Å². The van der Waals surface area contributed by atoms with E-state index in [4.69, 9.17) is 0 Å². The molecule has 25 heavy (non-hydrogen) atoms. The number of likely N-dealkylation sites (tertiary alicyclic amines) is 1. The third kappa shape index (κ3) is 3.83. The minimum Gasteiger partial charge on any atom is -0.342 e. The van der Waals surface area contributed by atoms with Gasteiger partial charge in [0.05, 0.1) is 17.3 Å². The molecule has 0 aliphatic carbocycles. The van der Waals surface area contributed by atoms with E-state index in [9.17, 15) is 14.4 Å². The maximum absolute atomic E-state index is 12.6. The van der Waals surface area contributed by atoms with Gasteiger partial charge in [-0.05, 0) is 24.5 Å². The van der Waals surface area contributed by atoms with Gasteiger partial charge in [0.2, 0.25) is 17.7 Å². The van der Waals surface area contributed by atoms with Crippen LogP contribution in [0.1, 0.15) is 33.1 Å². The molecule has 2 heterocycles. The molecule has 3 rings (SSSR count). The fourth-order valence-electron chi connectivity index (χ4n) is 3.52. The fourth-order valence-corrected chi connectivity index (χ4v) is 3.52. The van der Waals surface area contributed by atoms with Crippen LogP contribution in [0, 0.1) is 11.8 Å². The summed E-state index contributed by atoms with van der Waals surface area (Å²) in [5.74, 6) is 0.0117. The number of rotatable bonds is 5. The molecule has 1 aromatic carbocycles. The Morgan fingerprint density at radius 1 is 1.24 bits per heavy atom. The van der Waals surface area contributed by atoms with Crippen molar-refractivity contribution in [1.29, 1.82) is 0 Å². The Morgan fingerprint density at radius 3 is 2.68 bits per heavy atom. The van der Waals surface area contributed by atoms with E-state index in [1.54, 1.807) is 9.80 Å². The van der Waals surface area contributed by atoms with Crippen LogP contribution in [0.3, 0.4) is 0 Å². The predicted octanol–water partition coefficient (Wildman–Crippen LogP) is 2.26. The lowest BCUT2D eigenvalue weighted by molar-refractivity contribution is -0.128. The summed E-state index contributed by atoms with van der Waals surface area (Å²) in [5.41, 5.74) is 1.37. The monoisotopic (exact) mass is 343 g/mol. The van der Waals surface area contributed by atoms with E-state index in [2.05, 4.69) is 19.2 Å². The Bertz CT molecular complexity index is 686. The lowest BCUT2D eigenvalue weighted by atomic mass is 10.1. The molecule has 0 unspecified atom stereocenters. The normalized spacial score (nSPS) is 20.7. The summed E-state index contributed by atoms with van der Waals surface area (Å²) in [7, 11) is 0.